The lowest BCUT2D eigenvalue weighted by Crippen LogP contribution is -2.24. The van der Waals surface area contributed by atoms with E-state index in [9.17, 15) is 18.0 Å². The minimum absolute atomic E-state index is 0.0685. The van der Waals surface area contributed by atoms with Gasteiger partial charge in [-0.05, 0) is 12.3 Å². The van der Waals surface area contributed by atoms with Gasteiger partial charge in [0.2, 0.25) is 0 Å². The molecule has 0 bridgehead atoms. The number of hydrogen-bond acceptors (Lipinski definition) is 4. The number of nitrogens with one attached hydrogen (secondary N) is 1. The zero-order valence-electron chi connectivity index (χ0n) is 12.1. The number of alkyl halides is 3. The SMILES string of the molecule is CC(C)CNc1cnn(CCCOCC(F)(F)F)c(=O)c1. The van der Waals surface area contributed by atoms with Gasteiger partial charge in [0.1, 0.15) is 6.61 Å². The Balaban J connectivity index is 2.37. The average molecular weight is 307 g/mol. The summed E-state index contributed by atoms with van der Waals surface area (Å²) in [5, 5.41) is 7.05. The first kappa shape index (κ1) is 17.5. The van der Waals surface area contributed by atoms with Crippen LogP contribution < -0.4 is 10.9 Å². The van der Waals surface area contributed by atoms with E-state index in [1.165, 1.54) is 16.9 Å². The molecule has 8 heteroatoms. The lowest BCUT2D eigenvalue weighted by Gasteiger charge is -2.10. The van der Waals surface area contributed by atoms with Crippen molar-refractivity contribution in [2.75, 3.05) is 25.1 Å². The Morgan fingerprint density at radius 3 is 2.71 bits per heavy atom. The van der Waals surface area contributed by atoms with Crippen molar-refractivity contribution in [1.29, 1.82) is 0 Å². The van der Waals surface area contributed by atoms with Crippen molar-refractivity contribution in [3.63, 3.8) is 0 Å². The number of nitrogens with zero attached hydrogens (tertiary/aromatic N) is 2. The van der Waals surface area contributed by atoms with Gasteiger partial charge in [-0.15, -0.1) is 0 Å². The molecule has 0 aliphatic rings. The molecule has 1 rings (SSSR count). The van der Waals surface area contributed by atoms with E-state index >= 15 is 0 Å². The van der Waals surface area contributed by atoms with Gasteiger partial charge in [-0.2, -0.15) is 18.3 Å². The predicted molar refractivity (Wildman–Crippen MR) is 73.3 cm³/mol. The van der Waals surface area contributed by atoms with E-state index < -0.39 is 12.8 Å². The average Bonchev–Trinajstić information content (AvgIpc) is 2.36. The Morgan fingerprint density at radius 1 is 1.43 bits per heavy atom. The summed E-state index contributed by atoms with van der Waals surface area (Å²) in [5.74, 6) is 0.443. The van der Waals surface area contributed by atoms with Gasteiger partial charge < -0.3 is 10.1 Å². The Kier molecular flexibility index (Phi) is 6.67. The molecule has 5 nitrogen and oxygen atoms in total. The lowest BCUT2D eigenvalue weighted by atomic mass is 10.2. The standard InChI is InChI=1S/C13H20F3N3O2/c1-10(2)7-17-11-6-12(20)19(18-8-11)4-3-5-21-9-13(14,15)16/h6,8,10,17H,3-5,7,9H2,1-2H3. The number of anilines is 1. The zero-order chi connectivity index (χ0) is 15.9. The maximum atomic E-state index is 11.8. The molecule has 0 atom stereocenters. The summed E-state index contributed by atoms with van der Waals surface area (Å²) in [4.78, 5) is 11.7. The van der Waals surface area contributed by atoms with E-state index in [1.807, 2.05) is 13.8 Å². The smallest absolute Gasteiger partial charge is 0.383 e. The zero-order valence-corrected chi connectivity index (χ0v) is 12.1. The first-order valence-corrected chi connectivity index (χ1v) is 6.73. The normalized spacial score (nSPS) is 11.9. The van der Waals surface area contributed by atoms with Crippen molar-refractivity contribution in [3.05, 3.63) is 22.6 Å². The van der Waals surface area contributed by atoms with Crippen LogP contribution in [0.5, 0.6) is 0 Å². The monoisotopic (exact) mass is 307 g/mol. The van der Waals surface area contributed by atoms with Gasteiger partial charge in [-0.3, -0.25) is 4.79 Å². The molecule has 120 valence electrons. The Hall–Kier alpha value is -1.57. The van der Waals surface area contributed by atoms with Crippen LogP contribution >= 0.6 is 0 Å². The molecule has 1 aromatic heterocycles. The highest BCUT2D eigenvalue weighted by Gasteiger charge is 2.27. The van der Waals surface area contributed by atoms with Crippen LogP contribution in [0.15, 0.2) is 17.1 Å². The van der Waals surface area contributed by atoms with Crippen LogP contribution in [0.3, 0.4) is 0 Å². The Morgan fingerprint density at radius 2 is 2.14 bits per heavy atom. The van der Waals surface area contributed by atoms with Crippen molar-refractivity contribution in [1.82, 2.24) is 9.78 Å². The summed E-state index contributed by atoms with van der Waals surface area (Å²) in [5.41, 5.74) is 0.345. The number of aromatic nitrogens is 2. The fourth-order valence-electron chi connectivity index (χ4n) is 1.52. The molecule has 0 aliphatic heterocycles. The van der Waals surface area contributed by atoms with Gasteiger partial charge in [0.25, 0.3) is 5.56 Å². The third-order valence-corrected chi connectivity index (χ3v) is 2.51. The lowest BCUT2D eigenvalue weighted by molar-refractivity contribution is -0.174. The number of halogens is 3. The minimum atomic E-state index is -4.32. The van der Waals surface area contributed by atoms with E-state index in [0.717, 1.165) is 6.54 Å². The highest BCUT2D eigenvalue weighted by Crippen LogP contribution is 2.14. The molecule has 0 fully saturated rings. The quantitative estimate of drug-likeness (QED) is 0.749. The number of rotatable bonds is 8. The summed E-state index contributed by atoms with van der Waals surface area (Å²) >= 11 is 0. The molecule has 0 aromatic carbocycles. The van der Waals surface area contributed by atoms with Gasteiger partial charge >= 0.3 is 6.18 Å². The van der Waals surface area contributed by atoms with Gasteiger partial charge in [0.05, 0.1) is 11.9 Å². The maximum Gasteiger partial charge on any atom is 0.411 e. The molecule has 1 aromatic rings. The van der Waals surface area contributed by atoms with Crippen LogP contribution in [0.2, 0.25) is 0 Å². The van der Waals surface area contributed by atoms with Gasteiger partial charge in [0.15, 0.2) is 0 Å². The molecule has 1 N–H and O–H groups in total. The number of hydrogen-bond donors (Lipinski definition) is 1. The first-order chi connectivity index (χ1) is 9.78. The molecule has 0 unspecified atom stereocenters. The summed E-state index contributed by atoms with van der Waals surface area (Å²) in [7, 11) is 0. The minimum Gasteiger partial charge on any atom is -0.383 e. The molecule has 0 spiro atoms. The summed E-state index contributed by atoms with van der Waals surface area (Å²) in [6.45, 7) is 3.71. The molecular formula is C13H20F3N3O2. The highest BCUT2D eigenvalue weighted by molar-refractivity contribution is 5.38. The van der Waals surface area contributed by atoms with E-state index in [4.69, 9.17) is 0 Å². The third-order valence-electron chi connectivity index (χ3n) is 2.51. The van der Waals surface area contributed by atoms with Crippen molar-refractivity contribution < 1.29 is 17.9 Å². The fourth-order valence-corrected chi connectivity index (χ4v) is 1.52. The topological polar surface area (TPSA) is 56.1 Å². The van der Waals surface area contributed by atoms with Gasteiger partial charge in [-0.25, -0.2) is 4.68 Å². The molecule has 21 heavy (non-hydrogen) atoms. The van der Waals surface area contributed by atoms with Crippen LogP contribution in [0, 0.1) is 5.92 Å². The maximum absolute atomic E-state index is 11.8. The summed E-state index contributed by atoms with van der Waals surface area (Å²) < 4.78 is 41.2. The van der Waals surface area contributed by atoms with Gasteiger partial charge in [-0.1, -0.05) is 13.8 Å². The van der Waals surface area contributed by atoms with E-state index in [-0.39, 0.29) is 18.7 Å². The molecule has 0 amide bonds. The van der Waals surface area contributed by atoms with E-state index in [0.29, 0.717) is 18.0 Å². The summed E-state index contributed by atoms with van der Waals surface area (Å²) in [6, 6.07) is 1.42. The Bertz CT molecular complexity index is 486. The molecule has 0 saturated carbocycles. The Labute approximate surface area is 121 Å². The number of ether oxygens (including phenoxy) is 1. The molecule has 1 heterocycles. The molecular weight excluding hydrogens is 287 g/mol. The predicted octanol–water partition coefficient (Wildman–Crippen LogP) is 2.28. The number of aryl methyl sites for hydroxylation is 1. The first-order valence-electron chi connectivity index (χ1n) is 6.73. The van der Waals surface area contributed by atoms with Crippen LogP contribution in [-0.4, -0.2) is 35.7 Å². The second kappa shape index (κ2) is 8.02. The highest BCUT2D eigenvalue weighted by atomic mass is 19.4. The fraction of sp³-hybridized carbons (Fsp3) is 0.692. The van der Waals surface area contributed by atoms with Gasteiger partial charge in [0, 0.05) is 25.8 Å². The molecule has 0 saturated heterocycles. The van der Waals surface area contributed by atoms with E-state index in [2.05, 4.69) is 15.2 Å². The van der Waals surface area contributed by atoms with Crippen LogP contribution in [-0.2, 0) is 11.3 Å². The van der Waals surface area contributed by atoms with E-state index in [1.54, 1.807) is 0 Å². The van der Waals surface area contributed by atoms with Crippen molar-refractivity contribution in [2.24, 2.45) is 5.92 Å². The molecule has 0 radical (unpaired) electrons. The third kappa shape index (κ3) is 7.69. The molecule has 0 aliphatic carbocycles. The van der Waals surface area contributed by atoms with Crippen LogP contribution in [0.25, 0.3) is 0 Å². The van der Waals surface area contributed by atoms with Crippen molar-refractivity contribution >= 4 is 5.69 Å². The van der Waals surface area contributed by atoms with Crippen molar-refractivity contribution in [2.45, 2.75) is 33.0 Å². The van der Waals surface area contributed by atoms with Crippen LogP contribution in [0.4, 0.5) is 18.9 Å². The van der Waals surface area contributed by atoms with Crippen LogP contribution in [0.1, 0.15) is 20.3 Å². The second-order valence-electron chi connectivity index (χ2n) is 5.10. The summed E-state index contributed by atoms with van der Waals surface area (Å²) in [6.07, 6.45) is -2.50. The van der Waals surface area contributed by atoms with Crippen molar-refractivity contribution in [3.8, 4) is 0 Å². The second-order valence-corrected chi connectivity index (χ2v) is 5.10. The largest absolute Gasteiger partial charge is 0.411 e.